The van der Waals surface area contributed by atoms with Crippen molar-refractivity contribution in [1.29, 1.82) is 0 Å². The number of hydrogen-bond acceptors (Lipinski definition) is 0. The molecule has 57 heavy (non-hydrogen) atoms. The number of rotatable bonds is 4. The first-order valence-electron chi connectivity index (χ1n) is 21.3. The standard InChI is InChI=1S/C56H63N/c1-34(2)36-23-25-42-45(29-36)46-33-37(53(3,4)5)24-26-43(46)49(42)44-27-28-48-51(52(44)56(12,13)14)50-41(35-19-16-15-17-20-35)21-18-22-47(50)57(48)40-31-38(54(6,7)8)30-39(32-40)55(9,10)11/h15-34,49H,1-14H3. The number of fused-ring (bicyclic) bond motifs is 6. The molecule has 8 rings (SSSR count). The fourth-order valence-electron chi connectivity index (χ4n) is 9.39. The molecule has 1 aromatic heterocycles. The second-order valence-electron chi connectivity index (χ2n) is 21.3. The van der Waals surface area contributed by atoms with Crippen LogP contribution in [0.25, 0.3) is 49.7 Å². The molecule has 7 aromatic rings. The highest BCUT2D eigenvalue weighted by atomic mass is 15.0. The van der Waals surface area contributed by atoms with Crippen molar-refractivity contribution in [1.82, 2.24) is 4.57 Å². The van der Waals surface area contributed by atoms with Gasteiger partial charge in [-0.2, -0.15) is 0 Å². The molecule has 0 saturated heterocycles. The molecule has 1 unspecified atom stereocenters. The van der Waals surface area contributed by atoms with Crippen molar-refractivity contribution in [3.8, 4) is 27.9 Å². The summed E-state index contributed by atoms with van der Waals surface area (Å²) in [6.07, 6.45) is 0. The average molecular weight is 750 g/mol. The Labute approximate surface area is 343 Å². The van der Waals surface area contributed by atoms with Gasteiger partial charge >= 0.3 is 0 Å². The first-order chi connectivity index (χ1) is 26.6. The van der Waals surface area contributed by atoms with Crippen LogP contribution in [0, 0.1) is 0 Å². The minimum Gasteiger partial charge on any atom is -0.309 e. The molecule has 0 fully saturated rings. The Bertz CT molecular complexity index is 2640. The molecule has 292 valence electrons. The van der Waals surface area contributed by atoms with Gasteiger partial charge in [-0.05, 0) is 119 Å². The third-order valence-electron chi connectivity index (χ3n) is 12.6. The van der Waals surface area contributed by atoms with Crippen LogP contribution in [0.15, 0.2) is 115 Å². The zero-order valence-electron chi connectivity index (χ0n) is 37.1. The molecule has 0 bridgehead atoms. The van der Waals surface area contributed by atoms with Gasteiger partial charge in [0.1, 0.15) is 0 Å². The number of aromatic nitrogens is 1. The van der Waals surface area contributed by atoms with Gasteiger partial charge in [0.15, 0.2) is 0 Å². The fraction of sp³-hybridized carbons (Fsp3) is 0.357. The summed E-state index contributed by atoms with van der Waals surface area (Å²) in [6, 6.07) is 45.0. The molecule has 6 aromatic carbocycles. The summed E-state index contributed by atoms with van der Waals surface area (Å²) in [7, 11) is 0. The van der Waals surface area contributed by atoms with Crippen LogP contribution < -0.4 is 0 Å². The lowest BCUT2D eigenvalue weighted by Crippen LogP contribution is -2.18. The predicted octanol–water partition coefficient (Wildman–Crippen LogP) is 15.9. The van der Waals surface area contributed by atoms with E-state index in [4.69, 9.17) is 0 Å². The Balaban J connectivity index is 1.53. The van der Waals surface area contributed by atoms with Crippen molar-refractivity contribution in [2.24, 2.45) is 0 Å². The van der Waals surface area contributed by atoms with E-state index in [0.717, 1.165) is 0 Å². The Kier molecular flexibility index (Phi) is 9.12. The van der Waals surface area contributed by atoms with E-state index in [1.807, 2.05) is 0 Å². The number of hydrogen-bond donors (Lipinski definition) is 0. The molecule has 0 spiro atoms. The van der Waals surface area contributed by atoms with Gasteiger partial charge in [0.2, 0.25) is 0 Å². The second-order valence-corrected chi connectivity index (χ2v) is 21.3. The van der Waals surface area contributed by atoms with Crippen LogP contribution in [0.3, 0.4) is 0 Å². The van der Waals surface area contributed by atoms with Gasteiger partial charge in [-0.1, -0.05) is 188 Å². The number of benzene rings is 6. The lowest BCUT2D eigenvalue weighted by molar-refractivity contribution is 0.568. The molecular formula is C56H63N. The normalized spacial score (nSPS) is 14.8. The van der Waals surface area contributed by atoms with Crippen LogP contribution in [0.5, 0.6) is 0 Å². The van der Waals surface area contributed by atoms with Gasteiger partial charge in [0, 0.05) is 22.4 Å². The summed E-state index contributed by atoms with van der Waals surface area (Å²) in [5, 5.41) is 2.70. The summed E-state index contributed by atoms with van der Waals surface area (Å²) < 4.78 is 2.58. The van der Waals surface area contributed by atoms with Crippen molar-refractivity contribution in [2.45, 2.75) is 130 Å². The van der Waals surface area contributed by atoms with Crippen LogP contribution in [0.2, 0.25) is 0 Å². The molecule has 0 N–H and O–H groups in total. The first-order valence-corrected chi connectivity index (χ1v) is 21.3. The van der Waals surface area contributed by atoms with E-state index in [-0.39, 0.29) is 27.6 Å². The highest BCUT2D eigenvalue weighted by Crippen LogP contribution is 2.54. The van der Waals surface area contributed by atoms with Crippen LogP contribution in [-0.4, -0.2) is 4.57 Å². The predicted molar refractivity (Wildman–Crippen MR) is 248 cm³/mol. The molecule has 1 heteroatoms. The van der Waals surface area contributed by atoms with E-state index < -0.39 is 0 Å². The van der Waals surface area contributed by atoms with Crippen molar-refractivity contribution >= 4 is 21.8 Å². The second kappa shape index (κ2) is 13.3. The van der Waals surface area contributed by atoms with Crippen molar-refractivity contribution < 1.29 is 0 Å². The van der Waals surface area contributed by atoms with Crippen LogP contribution in [-0.2, 0) is 21.7 Å². The topological polar surface area (TPSA) is 4.93 Å². The smallest absolute Gasteiger partial charge is 0.0547 e. The van der Waals surface area contributed by atoms with Gasteiger partial charge in [0.05, 0.1) is 11.0 Å². The molecule has 1 aliphatic carbocycles. The maximum absolute atomic E-state index is 2.58. The van der Waals surface area contributed by atoms with E-state index in [1.54, 1.807) is 0 Å². The lowest BCUT2D eigenvalue weighted by Gasteiger charge is -2.29. The zero-order chi connectivity index (χ0) is 41.0. The minimum absolute atomic E-state index is 0.000741. The van der Waals surface area contributed by atoms with Gasteiger partial charge in [0.25, 0.3) is 0 Å². The Hall–Kier alpha value is -4.88. The molecule has 1 nitrogen and oxygen atoms in total. The molecule has 0 amide bonds. The van der Waals surface area contributed by atoms with E-state index in [1.165, 1.54) is 94.3 Å². The van der Waals surface area contributed by atoms with E-state index >= 15 is 0 Å². The summed E-state index contributed by atoms with van der Waals surface area (Å²) in [5.74, 6) is 0.589. The third-order valence-corrected chi connectivity index (χ3v) is 12.6. The molecule has 0 saturated carbocycles. The Morgan fingerprint density at radius 1 is 0.439 bits per heavy atom. The molecule has 0 aliphatic heterocycles. The quantitative estimate of drug-likeness (QED) is 0.169. The Morgan fingerprint density at radius 3 is 1.58 bits per heavy atom. The van der Waals surface area contributed by atoms with Crippen LogP contribution in [0.4, 0.5) is 0 Å². The molecule has 1 aliphatic rings. The molecule has 1 heterocycles. The summed E-state index contributed by atoms with van der Waals surface area (Å²) in [4.78, 5) is 0. The monoisotopic (exact) mass is 749 g/mol. The number of nitrogens with zero attached hydrogens (tertiary/aromatic N) is 1. The minimum atomic E-state index is -0.159. The van der Waals surface area contributed by atoms with E-state index in [9.17, 15) is 0 Å². The maximum atomic E-state index is 2.58. The first kappa shape index (κ1) is 39.0. The van der Waals surface area contributed by atoms with Gasteiger partial charge in [-0.15, -0.1) is 0 Å². The largest absolute Gasteiger partial charge is 0.309 e. The highest BCUT2D eigenvalue weighted by molar-refractivity contribution is 6.17. The van der Waals surface area contributed by atoms with Crippen LogP contribution in [0.1, 0.15) is 153 Å². The summed E-state index contributed by atoms with van der Waals surface area (Å²) in [5.41, 5.74) is 20.2. The zero-order valence-corrected chi connectivity index (χ0v) is 37.1. The fourth-order valence-corrected chi connectivity index (χ4v) is 9.39. The van der Waals surface area contributed by atoms with Gasteiger partial charge < -0.3 is 4.57 Å². The maximum Gasteiger partial charge on any atom is 0.0547 e. The van der Waals surface area contributed by atoms with Crippen LogP contribution >= 0.6 is 0 Å². The van der Waals surface area contributed by atoms with Gasteiger partial charge in [-0.25, -0.2) is 0 Å². The summed E-state index contributed by atoms with van der Waals surface area (Å²) in [6.45, 7) is 33.0. The Morgan fingerprint density at radius 2 is 1.00 bits per heavy atom. The lowest BCUT2D eigenvalue weighted by atomic mass is 9.75. The average Bonchev–Trinajstić information content (AvgIpc) is 3.65. The summed E-state index contributed by atoms with van der Waals surface area (Å²) >= 11 is 0. The molecule has 0 radical (unpaired) electrons. The molecular weight excluding hydrogens is 687 g/mol. The van der Waals surface area contributed by atoms with Gasteiger partial charge in [-0.3, -0.25) is 0 Å². The van der Waals surface area contributed by atoms with Crippen molar-refractivity contribution in [3.63, 3.8) is 0 Å². The van der Waals surface area contributed by atoms with E-state index in [0.29, 0.717) is 5.92 Å². The third kappa shape index (κ3) is 6.66. The van der Waals surface area contributed by atoms with Crippen molar-refractivity contribution in [3.05, 3.63) is 160 Å². The SMILES string of the molecule is CC(C)c1ccc2c(c1)-c1cc(C(C)(C)C)ccc1C2c1ccc2c(c1C(C)(C)C)c1c(-c3ccccc3)cccc1n2-c1cc(C(C)(C)C)cc(C(C)(C)C)c1. The van der Waals surface area contributed by atoms with E-state index in [2.05, 4.69) is 217 Å². The van der Waals surface area contributed by atoms with Crippen molar-refractivity contribution in [2.75, 3.05) is 0 Å². The highest BCUT2D eigenvalue weighted by Gasteiger charge is 2.37. The molecule has 1 atom stereocenters.